The van der Waals surface area contributed by atoms with E-state index in [0.29, 0.717) is 34.7 Å². The second kappa shape index (κ2) is 15.4. The summed E-state index contributed by atoms with van der Waals surface area (Å²) in [6.45, 7) is 13.2. The Morgan fingerprint density at radius 2 is 1.55 bits per heavy atom. The Hall–Kier alpha value is -4.55. The molecule has 2 aromatic carbocycles. The van der Waals surface area contributed by atoms with Crippen LogP contribution in [0.15, 0.2) is 42.7 Å². The molecule has 0 aliphatic carbocycles. The molecule has 15 heteroatoms. The molecule has 0 atom stereocenters. The fourth-order valence-corrected chi connectivity index (χ4v) is 5.24. The van der Waals surface area contributed by atoms with Crippen LogP contribution < -0.4 is 24.6 Å². The Morgan fingerprint density at radius 3 is 2.10 bits per heavy atom. The van der Waals surface area contributed by atoms with Gasteiger partial charge in [0.25, 0.3) is 0 Å². The number of aromatic nitrogens is 2. The number of nitrogens with zero attached hydrogens (tertiary/aromatic N) is 4. The zero-order chi connectivity index (χ0) is 37.8. The van der Waals surface area contributed by atoms with E-state index in [0.717, 1.165) is 12.1 Å². The van der Waals surface area contributed by atoms with Crippen LogP contribution in [0.3, 0.4) is 0 Å². The molecule has 0 bridgehead atoms. The topological polar surface area (TPSA) is 125 Å². The van der Waals surface area contributed by atoms with E-state index in [1.165, 1.54) is 32.7 Å². The molecule has 0 unspecified atom stereocenters. The highest BCUT2D eigenvalue weighted by molar-refractivity contribution is 6.62. The van der Waals surface area contributed by atoms with Gasteiger partial charge in [-0.1, -0.05) is 0 Å². The highest BCUT2D eigenvalue weighted by Gasteiger charge is 2.52. The van der Waals surface area contributed by atoms with Crippen molar-refractivity contribution in [2.45, 2.75) is 97.4 Å². The molecule has 3 aromatic rings. The van der Waals surface area contributed by atoms with Crippen LogP contribution in [-0.4, -0.2) is 60.7 Å². The SMILES string of the molecule is COc1cc(CN(Cc2cc(C#N)cc(C(F)(F)F)c2)c2ncc(OCCCC(=O)OC(C)(C)C)cn2)c(B2OC(C)(C)C(C)(C)O2)cc1OC. The van der Waals surface area contributed by atoms with Crippen molar-refractivity contribution < 1.29 is 46.2 Å². The van der Waals surface area contributed by atoms with Crippen LogP contribution in [0.25, 0.3) is 0 Å². The minimum absolute atomic E-state index is 0.0635. The summed E-state index contributed by atoms with van der Waals surface area (Å²) in [4.78, 5) is 22.7. The van der Waals surface area contributed by atoms with E-state index >= 15 is 0 Å². The van der Waals surface area contributed by atoms with Crippen LogP contribution >= 0.6 is 0 Å². The summed E-state index contributed by atoms with van der Waals surface area (Å²) >= 11 is 0. The maximum atomic E-state index is 13.8. The van der Waals surface area contributed by atoms with E-state index in [1.54, 1.807) is 37.8 Å². The molecule has 274 valence electrons. The standard InChI is InChI=1S/C36H44BF3N4O7/c1-33(2,3)49-31(45)11-10-12-48-27-19-42-32(43-20-27)44(21-24-13-23(18-41)14-26(15-24)36(38,39)40)22-25-16-29(46-8)30(47-9)17-28(25)37-50-34(4,5)35(6,7)51-37/h13-17,19-20H,10-12,21-22H2,1-9H3. The van der Waals surface area contributed by atoms with Gasteiger partial charge in [0, 0.05) is 19.5 Å². The van der Waals surface area contributed by atoms with E-state index in [1.807, 2.05) is 33.8 Å². The highest BCUT2D eigenvalue weighted by atomic mass is 19.4. The van der Waals surface area contributed by atoms with Gasteiger partial charge in [0.2, 0.25) is 5.95 Å². The van der Waals surface area contributed by atoms with Gasteiger partial charge in [-0.3, -0.25) is 4.79 Å². The summed E-state index contributed by atoms with van der Waals surface area (Å²) in [6.07, 6.45) is -1.21. The van der Waals surface area contributed by atoms with E-state index in [2.05, 4.69) is 9.97 Å². The van der Waals surface area contributed by atoms with Gasteiger partial charge in [-0.05, 0) is 102 Å². The lowest BCUT2D eigenvalue weighted by atomic mass is 9.75. The summed E-state index contributed by atoms with van der Waals surface area (Å²) in [5, 5.41) is 9.54. The smallest absolute Gasteiger partial charge is 0.493 e. The van der Waals surface area contributed by atoms with Gasteiger partial charge in [-0.2, -0.15) is 18.4 Å². The lowest BCUT2D eigenvalue weighted by Gasteiger charge is -2.32. The molecule has 1 saturated heterocycles. The molecule has 0 saturated carbocycles. The largest absolute Gasteiger partial charge is 0.495 e. The van der Waals surface area contributed by atoms with E-state index in [9.17, 15) is 23.2 Å². The van der Waals surface area contributed by atoms with Crippen molar-refractivity contribution in [1.29, 1.82) is 5.26 Å². The quantitative estimate of drug-likeness (QED) is 0.111. The average molecular weight is 713 g/mol. The Balaban J connectivity index is 1.69. The van der Waals surface area contributed by atoms with Crippen LogP contribution in [-0.2, 0) is 38.1 Å². The molecule has 0 N–H and O–H groups in total. The highest BCUT2D eigenvalue weighted by Crippen LogP contribution is 2.38. The van der Waals surface area contributed by atoms with E-state index < -0.39 is 35.7 Å². The Labute approximate surface area is 297 Å². The van der Waals surface area contributed by atoms with Gasteiger partial charge < -0.3 is 33.2 Å². The molecule has 11 nitrogen and oxygen atoms in total. The summed E-state index contributed by atoms with van der Waals surface area (Å²) in [5.41, 5.74) is -1.53. The van der Waals surface area contributed by atoms with Gasteiger partial charge >= 0.3 is 19.3 Å². The van der Waals surface area contributed by atoms with Gasteiger partial charge in [-0.15, -0.1) is 0 Å². The summed E-state index contributed by atoms with van der Waals surface area (Å²) in [5.74, 6) is 1.00. The molecule has 1 aliphatic rings. The van der Waals surface area contributed by atoms with Crippen LogP contribution in [0.2, 0.25) is 0 Å². The first-order chi connectivity index (χ1) is 23.7. The fourth-order valence-electron chi connectivity index (χ4n) is 5.24. The van der Waals surface area contributed by atoms with Crippen LogP contribution in [0.5, 0.6) is 17.2 Å². The zero-order valence-electron chi connectivity index (χ0n) is 30.4. The third-order valence-electron chi connectivity index (χ3n) is 8.45. The molecule has 0 spiro atoms. The summed E-state index contributed by atoms with van der Waals surface area (Å²) < 4.78 is 76.6. The number of hydrogen-bond acceptors (Lipinski definition) is 11. The molecular formula is C36H44BF3N4O7. The zero-order valence-corrected chi connectivity index (χ0v) is 30.4. The first kappa shape index (κ1) is 39.2. The van der Waals surface area contributed by atoms with Crippen molar-refractivity contribution in [2.75, 3.05) is 25.7 Å². The number of alkyl halides is 3. The molecule has 1 aliphatic heterocycles. The lowest BCUT2D eigenvalue weighted by molar-refractivity contribution is -0.155. The Kier molecular flexibility index (Phi) is 11.8. The molecule has 1 fully saturated rings. The number of methoxy groups -OCH3 is 2. The van der Waals surface area contributed by atoms with Crippen molar-refractivity contribution in [1.82, 2.24) is 9.97 Å². The lowest BCUT2D eigenvalue weighted by Crippen LogP contribution is -2.41. The minimum atomic E-state index is -4.67. The predicted molar refractivity (Wildman–Crippen MR) is 184 cm³/mol. The monoisotopic (exact) mass is 712 g/mol. The predicted octanol–water partition coefficient (Wildman–Crippen LogP) is 6.39. The maximum Gasteiger partial charge on any atom is 0.495 e. The molecule has 0 amide bonds. The first-order valence-electron chi connectivity index (χ1n) is 16.4. The maximum absolute atomic E-state index is 13.8. The molecule has 0 radical (unpaired) electrons. The number of halogens is 3. The van der Waals surface area contributed by atoms with E-state index in [-0.39, 0.29) is 49.2 Å². The Morgan fingerprint density at radius 1 is 0.941 bits per heavy atom. The summed E-state index contributed by atoms with van der Waals surface area (Å²) in [6, 6.07) is 8.53. The normalized spacial score (nSPS) is 15.2. The van der Waals surface area contributed by atoms with Crippen LogP contribution in [0.1, 0.15) is 83.6 Å². The molecule has 2 heterocycles. The molecular weight excluding hydrogens is 668 g/mol. The number of esters is 1. The fraction of sp³-hybridized carbons (Fsp3) is 0.500. The third kappa shape index (κ3) is 10.0. The van der Waals surface area contributed by atoms with Gasteiger partial charge in [0.1, 0.15) is 5.60 Å². The average Bonchev–Trinajstić information content (AvgIpc) is 3.27. The summed E-state index contributed by atoms with van der Waals surface area (Å²) in [7, 11) is 2.19. The first-order valence-corrected chi connectivity index (χ1v) is 16.4. The van der Waals surface area contributed by atoms with Crippen molar-refractivity contribution >= 4 is 24.5 Å². The van der Waals surface area contributed by atoms with Crippen molar-refractivity contribution in [3.63, 3.8) is 0 Å². The second-order valence-corrected chi connectivity index (χ2v) is 14.1. The second-order valence-electron chi connectivity index (χ2n) is 14.1. The Bertz CT molecular complexity index is 1720. The van der Waals surface area contributed by atoms with Crippen LogP contribution in [0, 0.1) is 11.3 Å². The number of ether oxygens (including phenoxy) is 4. The number of hydrogen-bond donors (Lipinski definition) is 0. The van der Waals surface area contributed by atoms with Crippen molar-refractivity contribution in [3.05, 3.63) is 65.0 Å². The number of carbonyl (C=O) groups excluding carboxylic acids is 1. The number of carbonyl (C=O) groups is 1. The number of nitriles is 1. The van der Waals surface area contributed by atoms with Gasteiger partial charge in [0.05, 0.1) is 61.6 Å². The van der Waals surface area contributed by atoms with Gasteiger partial charge in [0.15, 0.2) is 17.2 Å². The number of anilines is 1. The number of rotatable bonds is 13. The molecule has 51 heavy (non-hydrogen) atoms. The number of benzene rings is 2. The van der Waals surface area contributed by atoms with Gasteiger partial charge in [-0.25, -0.2) is 9.97 Å². The third-order valence-corrected chi connectivity index (χ3v) is 8.45. The minimum Gasteiger partial charge on any atom is -0.493 e. The van der Waals surface area contributed by atoms with E-state index in [4.69, 9.17) is 28.3 Å². The molecule has 1 aromatic heterocycles. The van der Waals surface area contributed by atoms with Crippen molar-refractivity contribution in [3.8, 4) is 23.3 Å². The van der Waals surface area contributed by atoms with Crippen LogP contribution in [0.4, 0.5) is 19.1 Å². The van der Waals surface area contributed by atoms with Crippen molar-refractivity contribution in [2.24, 2.45) is 0 Å². The molecule has 4 rings (SSSR count).